The van der Waals surface area contributed by atoms with Crippen molar-refractivity contribution >= 4 is 0 Å². The highest BCUT2D eigenvalue weighted by Gasteiger charge is 2.37. The Kier molecular flexibility index (Phi) is 3.10. The Morgan fingerprint density at radius 2 is 1.58 bits per heavy atom. The van der Waals surface area contributed by atoms with Gasteiger partial charge in [-0.3, -0.25) is 9.78 Å². The van der Waals surface area contributed by atoms with E-state index in [1.54, 1.807) is 0 Å². The van der Waals surface area contributed by atoms with E-state index in [9.17, 15) is 9.59 Å². The van der Waals surface area contributed by atoms with Crippen LogP contribution in [0.3, 0.4) is 0 Å². The van der Waals surface area contributed by atoms with Crippen LogP contribution in [0.5, 0.6) is 0 Å². The second-order valence-electron chi connectivity index (χ2n) is 6.59. The van der Waals surface area contributed by atoms with E-state index < -0.39 is 11.2 Å². The quantitative estimate of drug-likeness (QED) is 0.714. The van der Waals surface area contributed by atoms with Crippen LogP contribution in [0, 0.1) is 23.7 Å². The fraction of sp³-hybridized carbons (Fsp3) is 0.0909. The number of rotatable bonds is 0. The van der Waals surface area contributed by atoms with Crippen molar-refractivity contribution in [3.8, 4) is 11.8 Å². The van der Waals surface area contributed by atoms with Gasteiger partial charge in [-0.1, -0.05) is 60.4 Å². The molecule has 5 rings (SSSR count). The molecule has 26 heavy (non-hydrogen) atoms. The molecule has 1 heterocycles. The Morgan fingerprint density at radius 1 is 0.808 bits per heavy atom. The molecule has 1 aromatic heterocycles. The lowest BCUT2D eigenvalue weighted by atomic mass is 9.63. The van der Waals surface area contributed by atoms with Gasteiger partial charge in [0.25, 0.3) is 5.56 Å². The van der Waals surface area contributed by atoms with Crippen molar-refractivity contribution < 1.29 is 0 Å². The molecule has 0 aromatic carbocycles. The van der Waals surface area contributed by atoms with Crippen molar-refractivity contribution in [3.63, 3.8) is 0 Å². The minimum Gasteiger partial charge on any atom is -0.313 e. The Morgan fingerprint density at radius 3 is 2.42 bits per heavy atom. The van der Waals surface area contributed by atoms with Crippen LogP contribution in [0.15, 0.2) is 98.3 Å². The van der Waals surface area contributed by atoms with Crippen molar-refractivity contribution in [2.24, 2.45) is 11.8 Å². The average molecular weight is 338 g/mol. The molecule has 0 bridgehead atoms. The molecule has 1 aromatic rings. The third kappa shape index (κ3) is 2.18. The monoisotopic (exact) mass is 338 g/mol. The smallest absolute Gasteiger partial charge is 0.313 e. The third-order valence-corrected chi connectivity index (χ3v) is 5.15. The highest BCUT2D eigenvalue weighted by Crippen LogP contribution is 2.49. The number of hydrogen-bond acceptors (Lipinski definition) is 2. The second-order valence-corrected chi connectivity index (χ2v) is 6.59. The van der Waals surface area contributed by atoms with Crippen molar-refractivity contribution in [1.29, 1.82) is 0 Å². The van der Waals surface area contributed by atoms with Crippen LogP contribution in [0.4, 0.5) is 0 Å². The van der Waals surface area contributed by atoms with Crippen molar-refractivity contribution in [2.45, 2.75) is 0 Å². The molecule has 0 amide bonds. The lowest BCUT2D eigenvalue weighted by molar-refractivity contribution is 0.562. The number of nitrogens with one attached hydrogen (secondary N) is 2. The van der Waals surface area contributed by atoms with Gasteiger partial charge in [-0.05, 0) is 28.4 Å². The van der Waals surface area contributed by atoms with Gasteiger partial charge < -0.3 is 4.98 Å². The molecule has 0 aliphatic heterocycles. The minimum absolute atomic E-state index is 0.248. The normalized spacial score (nSPS) is 24.2. The summed E-state index contributed by atoms with van der Waals surface area (Å²) in [5, 5.41) is 0. The zero-order valence-electron chi connectivity index (χ0n) is 13.7. The summed E-state index contributed by atoms with van der Waals surface area (Å²) < 4.78 is 0. The minimum atomic E-state index is -0.531. The first kappa shape index (κ1) is 14.7. The van der Waals surface area contributed by atoms with Gasteiger partial charge in [-0.2, -0.15) is 0 Å². The van der Waals surface area contributed by atoms with Crippen LogP contribution in [0.1, 0.15) is 5.56 Å². The molecule has 2 unspecified atom stereocenters. The van der Waals surface area contributed by atoms with Crippen molar-refractivity contribution in [2.75, 3.05) is 0 Å². The number of hydrogen-bond donors (Lipinski definition) is 2. The van der Waals surface area contributed by atoms with Crippen LogP contribution in [-0.2, 0) is 0 Å². The molecule has 2 N–H and O–H groups in total. The Labute approximate surface area is 149 Å². The molecule has 4 aliphatic carbocycles. The summed E-state index contributed by atoms with van der Waals surface area (Å²) in [6, 6.07) is 0. The summed E-state index contributed by atoms with van der Waals surface area (Å²) in [6.07, 6.45) is 20.5. The maximum Gasteiger partial charge on any atom is 0.325 e. The summed E-state index contributed by atoms with van der Waals surface area (Å²) in [5.41, 5.74) is 5.24. The molecule has 0 spiro atoms. The van der Waals surface area contributed by atoms with Gasteiger partial charge in [0.05, 0.1) is 0 Å². The van der Waals surface area contributed by atoms with E-state index in [2.05, 4.69) is 70.4 Å². The highest BCUT2D eigenvalue weighted by molar-refractivity contribution is 5.65. The maximum atomic E-state index is 11.8. The van der Waals surface area contributed by atoms with E-state index in [1.807, 2.05) is 6.08 Å². The average Bonchev–Trinajstić information content (AvgIpc) is 2.66. The van der Waals surface area contributed by atoms with Crippen molar-refractivity contribution in [3.05, 3.63) is 115 Å². The van der Waals surface area contributed by atoms with Gasteiger partial charge in [0.15, 0.2) is 0 Å². The Hall–Kier alpha value is -3.58. The predicted molar refractivity (Wildman–Crippen MR) is 100 cm³/mol. The molecule has 4 nitrogen and oxygen atoms in total. The highest BCUT2D eigenvalue weighted by atomic mass is 16.2. The van der Waals surface area contributed by atoms with E-state index in [1.165, 1.54) is 28.5 Å². The van der Waals surface area contributed by atoms with Gasteiger partial charge in [0.1, 0.15) is 5.56 Å². The summed E-state index contributed by atoms with van der Waals surface area (Å²) in [7, 11) is 0. The summed E-state index contributed by atoms with van der Waals surface area (Å²) in [6.45, 7) is 0. The fourth-order valence-corrected chi connectivity index (χ4v) is 3.95. The summed E-state index contributed by atoms with van der Waals surface area (Å²) in [5.74, 6) is 6.60. The molecular weight excluding hydrogens is 324 g/mol. The fourth-order valence-electron chi connectivity index (χ4n) is 3.95. The standard InChI is InChI=1S/C22H14N2O2/c25-21-17(12-23-22(26)24-21)9-5-13-4-6-16-8-7-14-2-1-3-15-10-11-18(13)20(16)19(14)15/h1-4,6-8,10-12,19-20H,(H2,23,24,25,26). The van der Waals surface area contributed by atoms with Crippen LogP contribution in [-0.4, -0.2) is 9.97 Å². The van der Waals surface area contributed by atoms with Gasteiger partial charge in [0.2, 0.25) is 0 Å². The van der Waals surface area contributed by atoms with Crippen LogP contribution in [0.25, 0.3) is 0 Å². The number of aromatic amines is 2. The molecular formula is C22H14N2O2. The number of allylic oxidation sites excluding steroid dienone is 14. The van der Waals surface area contributed by atoms with Gasteiger partial charge in [0, 0.05) is 23.6 Å². The number of H-pyrrole nitrogens is 2. The van der Waals surface area contributed by atoms with Gasteiger partial charge >= 0.3 is 5.69 Å². The number of aromatic nitrogens is 2. The third-order valence-electron chi connectivity index (χ3n) is 5.15. The Balaban J connectivity index is 1.64. The van der Waals surface area contributed by atoms with Crippen LogP contribution < -0.4 is 11.2 Å². The molecule has 124 valence electrons. The van der Waals surface area contributed by atoms with E-state index in [0.29, 0.717) is 5.92 Å². The predicted octanol–water partition coefficient (Wildman–Crippen LogP) is 2.45. The van der Waals surface area contributed by atoms with Crippen molar-refractivity contribution in [1.82, 2.24) is 9.97 Å². The molecule has 0 saturated carbocycles. The molecule has 0 fully saturated rings. The second kappa shape index (κ2) is 5.47. The lowest BCUT2D eigenvalue weighted by Gasteiger charge is -2.39. The van der Waals surface area contributed by atoms with E-state index >= 15 is 0 Å². The van der Waals surface area contributed by atoms with Gasteiger partial charge in [-0.15, -0.1) is 0 Å². The lowest BCUT2D eigenvalue weighted by Crippen LogP contribution is -2.29. The molecule has 0 radical (unpaired) electrons. The molecule has 4 heteroatoms. The largest absolute Gasteiger partial charge is 0.325 e. The first-order valence-corrected chi connectivity index (χ1v) is 8.45. The van der Waals surface area contributed by atoms with Gasteiger partial charge in [-0.25, -0.2) is 4.79 Å². The van der Waals surface area contributed by atoms with E-state index in [0.717, 1.165) is 5.57 Å². The topological polar surface area (TPSA) is 65.7 Å². The maximum absolute atomic E-state index is 11.8. The zero-order valence-corrected chi connectivity index (χ0v) is 13.7. The first-order chi connectivity index (χ1) is 12.7. The zero-order chi connectivity index (χ0) is 17.7. The van der Waals surface area contributed by atoms with E-state index in [-0.39, 0.29) is 11.5 Å². The molecule has 2 atom stereocenters. The Bertz CT molecular complexity index is 1230. The summed E-state index contributed by atoms with van der Waals surface area (Å²) >= 11 is 0. The molecule has 4 aliphatic rings. The summed E-state index contributed by atoms with van der Waals surface area (Å²) in [4.78, 5) is 27.6. The van der Waals surface area contributed by atoms with Crippen LogP contribution in [0.2, 0.25) is 0 Å². The van der Waals surface area contributed by atoms with E-state index in [4.69, 9.17) is 0 Å². The van der Waals surface area contributed by atoms with Crippen LogP contribution >= 0.6 is 0 Å². The SMILES string of the molecule is O=c1[nH]cc(C#CC2=C3C=CC4=CC=CC5=CC=C(C=C2)C3C45)c(=O)[nH]1. The molecule has 0 saturated heterocycles. The first-order valence-electron chi connectivity index (χ1n) is 8.45.